The molecule has 0 saturated carbocycles. The van der Waals surface area contributed by atoms with Crippen LogP contribution in [-0.2, 0) is 7.05 Å². The van der Waals surface area contributed by atoms with Crippen molar-refractivity contribution in [3.63, 3.8) is 0 Å². The van der Waals surface area contributed by atoms with Crippen molar-refractivity contribution in [1.82, 2.24) is 14.8 Å². The van der Waals surface area contributed by atoms with Gasteiger partial charge in [-0.05, 0) is 18.2 Å². The van der Waals surface area contributed by atoms with Gasteiger partial charge in [-0.1, -0.05) is 11.6 Å². The molecule has 2 aromatic heterocycles. The van der Waals surface area contributed by atoms with Crippen LogP contribution in [0.3, 0.4) is 0 Å². The first-order valence-electron chi connectivity index (χ1n) is 5.43. The monoisotopic (exact) mass is 259 g/mol. The predicted octanol–water partition coefficient (Wildman–Crippen LogP) is 3.41. The van der Waals surface area contributed by atoms with E-state index < -0.39 is 0 Å². The maximum absolute atomic E-state index is 5.81. The topological polar surface area (TPSA) is 39.9 Å². The summed E-state index contributed by atoms with van der Waals surface area (Å²) in [7, 11) is 1.90. The Kier molecular flexibility index (Phi) is 2.64. The molecule has 0 fully saturated rings. The van der Waals surface area contributed by atoms with Gasteiger partial charge >= 0.3 is 0 Å². The molecule has 3 rings (SSSR count). The summed E-state index contributed by atoms with van der Waals surface area (Å²) in [6.45, 7) is 0. The first-order chi connectivity index (χ1) is 8.72. The van der Waals surface area contributed by atoms with Gasteiger partial charge < -0.3 is 4.74 Å². The Hall–Kier alpha value is -2.07. The molecular formula is C13H10ClN3O. The minimum absolute atomic E-state index is 0.411. The van der Waals surface area contributed by atoms with E-state index in [2.05, 4.69) is 10.1 Å². The number of fused-ring (bicyclic) bond motifs is 1. The number of benzene rings is 1. The number of aryl methyl sites for hydroxylation is 1. The highest BCUT2D eigenvalue weighted by Gasteiger charge is 2.03. The van der Waals surface area contributed by atoms with Crippen molar-refractivity contribution in [2.75, 3.05) is 0 Å². The van der Waals surface area contributed by atoms with Crippen molar-refractivity contribution in [3.05, 3.63) is 47.9 Å². The van der Waals surface area contributed by atoms with Crippen LogP contribution in [0.15, 0.2) is 42.7 Å². The molecule has 0 radical (unpaired) electrons. The Balaban J connectivity index is 1.97. The number of rotatable bonds is 2. The number of aromatic nitrogens is 3. The lowest BCUT2D eigenvalue weighted by Gasteiger charge is -2.06. The molecule has 0 atom stereocenters. The van der Waals surface area contributed by atoms with Gasteiger partial charge in [-0.3, -0.25) is 4.68 Å². The highest BCUT2D eigenvalue weighted by Crippen LogP contribution is 2.26. The smallest absolute Gasteiger partial charge is 0.132 e. The van der Waals surface area contributed by atoms with Crippen molar-refractivity contribution in [1.29, 1.82) is 0 Å². The fourth-order valence-electron chi connectivity index (χ4n) is 1.77. The second-order valence-corrected chi connectivity index (χ2v) is 4.29. The fourth-order valence-corrected chi connectivity index (χ4v) is 1.94. The number of ether oxygens (including phenoxy) is 1. The van der Waals surface area contributed by atoms with Gasteiger partial charge in [0.1, 0.15) is 16.7 Å². The SMILES string of the molecule is Cn1ncc2ccc(Oc3ccnc(Cl)c3)cc21. The van der Waals surface area contributed by atoms with Gasteiger partial charge in [0, 0.05) is 30.8 Å². The summed E-state index contributed by atoms with van der Waals surface area (Å²) in [6.07, 6.45) is 3.43. The van der Waals surface area contributed by atoms with Gasteiger partial charge in [-0.15, -0.1) is 0 Å². The Labute approximate surface area is 109 Å². The molecule has 0 aliphatic rings. The highest BCUT2D eigenvalue weighted by molar-refractivity contribution is 6.29. The first-order valence-corrected chi connectivity index (χ1v) is 5.81. The zero-order valence-corrected chi connectivity index (χ0v) is 10.4. The zero-order chi connectivity index (χ0) is 12.5. The third-order valence-corrected chi connectivity index (χ3v) is 2.86. The molecule has 90 valence electrons. The summed E-state index contributed by atoms with van der Waals surface area (Å²) in [5.41, 5.74) is 1.02. The van der Waals surface area contributed by atoms with Crippen LogP contribution in [0.5, 0.6) is 11.5 Å². The molecule has 4 nitrogen and oxygen atoms in total. The van der Waals surface area contributed by atoms with Crippen LogP contribution in [0.2, 0.25) is 5.15 Å². The Bertz CT molecular complexity index is 708. The van der Waals surface area contributed by atoms with Crippen molar-refractivity contribution in [2.45, 2.75) is 0 Å². The Morgan fingerprint density at radius 2 is 2.00 bits per heavy atom. The van der Waals surface area contributed by atoms with E-state index in [1.54, 1.807) is 18.3 Å². The van der Waals surface area contributed by atoms with E-state index in [0.717, 1.165) is 16.7 Å². The van der Waals surface area contributed by atoms with Gasteiger partial charge in [0.25, 0.3) is 0 Å². The molecule has 2 heterocycles. The lowest BCUT2D eigenvalue weighted by Crippen LogP contribution is -1.90. The molecule has 5 heteroatoms. The third-order valence-electron chi connectivity index (χ3n) is 2.65. The first kappa shape index (κ1) is 11.0. The average molecular weight is 260 g/mol. The quantitative estimate of drug-likeness (QED) is 0.662. The highest BCUT2D eigenvalue weighted by atomic mass is 35.5. The number of nitrogens with zero attached hydrogens (tertiary/aromatic N) is 3. The van der Waals surface area contributed by atoms with Crippen molar-refractivity contribution in [3.8, 4) is 11.5 Å². The summed E-state index contributed by atoms with van der Waals surface area (Å²) in [6, 6.07) is 9.25. The fraction of sp³-hybridized carbons (Fsp3) is 0.0769. The summed E-state index contributed by atoms with van der Waals surface area (Å²) >= 11 is 5.81. The minimum Gasteiger partial charge on any atom is -0.457 e. The number of halogens is 1. The predicted molar refractivity (Wildman–Crippen MR) is 70.0 cm³/mol. The number of pyridine rings is 1. The van der Waals surface area contributed by atoms with E-state index in [-0.39, 0.29) is 0 Å². The normalized spacial score (nSPS) is 10.8. The molecule has 0 amide bonds. The maximum atomic E-state index is 5.81. The van der Waals surface area contributed by atoms with Crippen molar-refractivity contribution >= 4 is 22.5 Å². The average Bonchev–Trinajstić information content (AvgIpc) is 2.71. The lowest BCUT2D eigenvalue weighted by atomic mass is 10.2. The van der Waals surface area contributed by atoms with Crippen LogP contribution in [0.4, 0.5) is 0 Å². The number of hydrogen-bond donors (Lipinski definition) is 0. The van der Waals surface area contributed by atoms with Crippen molar-refractivity contribution < 1.29 is 4.74 Å². The van der Waals surface area contributed by atoms with Crippen LogP contribution in [0.25, 0.3) is 10.9 Å². The second kappa shape index (κ2) is 4.31. The summed E-state index contributed by atoms with van der Waals surface area (Å²) in [5.74, 6) is 1.41. The van der Waals surface area contributed by atoms with E-state index in [1.807, 2.05) is 36.1 Å². The molecule has 0 N–H and O–H groups in total. The number of hydrogen-bond acceptors (Lipinski definition) is 3. The molecular weight excluding hydrogens is 250 g/mol. The molecule has 0 saturated heterocycles. The third kappa shape index (κ3) is 2.02. The Morgan fingerprint density at radius 3 is 2.83 bits per heavy atom. The molecule has 0 unspecified atom stereocenters. The molecule has 0 bridgehead atoms. The van der Waals surface area contributed by atoms with Crippen LogP contribution in [0, 0.1) is 0 Å². The van der Waals surface area contributed by atoms with Crippen LogP contribution >= 0.6 is 11.6 Å². The summed E-state index contributed by atoms with van der Waals surface area (Å²) in [5, 5.41) is 5.68. The van der Waals surface area contributed by atoms with Crippen LogP contribution in [0.1, 0.15) is 0 Å². The van der Waals surface area contributed by atoms with E-state index in [4.69, 9.17) is 16.3 Å². The van der Waals surface area contributed by atoms with Gasteiger partial charge in [0.2, 0.25) is 0 Å². The van der Waals surface area contributed by atoms with E-state index in [9.17, 15) is 0 Å². The van der Waals surface area contributed by atoms with E-state index >= 15 is 0 Å². The zero-order valence-electron chi connectivity index (χ0n) is 9.67. The molecule has 0 aliphatic carbocycles. The lowest BCUT2D eigenvalue weighted by molar-refractivity contribution is 0.482. The maximum Gasteiger partial charge on any atom is 0.132 e. The molecule has 0 aliphatic heterocycles. The second-order valence-electron chi connectivity index (χ2n) is 3.91. The largest absolute Gasteiger partial charge is 0.457 e. The standard InChI is InChI=1S/C13H10ClN3O/c1-17-12-6-10(3-2-9(12)8-16-17)18-11-4-5-15-13(14)7-11/h2-8H,1H3. The van der Waals surface area contributed by atoms with E-state index in [1.165, 1.54) is 0 Å². The Morgan fingerprint density at radius 1 is 1.17 bits per heavy atom. The van der Waals surface area contributed by atoms with Gasteiger partial charge in [-0.2, -0.15) is 5.10 Å². The summed E-state index contributed by atoms with van der Waals surface area (Å²) in [4.78, 5) is 3.91. The van der Waals surface area contributed by atoms with Gasteiger partial charge in [0.15, 0.2) is 0 Å². The van der Waals surface area contributed by atoms with Gasteiger partial charge in [0.05, 0.1) is 11.7 Å². The van der Waals surface area contributed by atoms with Crippen LogP contribution in [-0.4, -0.2) is 14.8 Å². The van der Waals surface area contributed by atoms with Crippen molar-refractivity contribution in [2.24, 2.45) is 7.05 Å². The molecule has 3 aromatic rings. The molecule has 18 heavy (non-hydrogen) atoms. The van der Waals surface area contributed by atoms with Crippen LogP contribution < -0.4 is 4.74 Å². The van der Waals surface area contributed by atoms with E-state index in [0.29, 0.717) is 10.9 Å². The molecule has 0 spiro atoms. The van der Waals surface area contributed by atoms with Gasteiger partial charge in [-0.25, -0.2) is 4.98 Å². The molecule has 1 aromatic carbocycles. The summed E-state index contributed by atoms with van der Waals surface area (Å²) < 4.78 is 7.53. The minimum atomic E-state index is 0.411.